The molecule has 2 aromatic heterocycles. The second-order valence-corrected chi connectivity index (χ2v) is 11.8. The van der Waals surface area contributed by atoms with E-state index in [4.69, 9.17) is 20.7 Å². The maximum atomic E-state index is 12.6. The van der Waals surface area contributed by atoms with E-state index in [1.165, 1.54) is 25.7 Å². The number of imidazole rings is 1. The van der Waals surface area contributed by atoms with Crippen LogP contribution in [-0.2, 0) is 4.79 Å². The van der Waals surface area contributed by atoms with Gasteiger partial charge in [-0.1, -0.05) is 43.2 Å². The topological polar surface area (TPSA) is 114 Å². The first kappa shape index (κ1) is 31.5. The largest absolute Gasteiger partial charge is 0.365 e. The number of nitrogens with zero attached hydrogens (tertiary/aromatic N) is 5. The van der Waals surface area contributed by atoms with Crippen LogP contribution < -0.4 is 16.4 Å². The number of carbonyl (C=O) groups excluding carboxylic acids is 1. The van der Waals surface area contributed by atoms with E-state index in [1.54, 1.807) is 6.92 Å². The third kappa shape index (κ3) is 7.13. The van der Waals surface area contributed by atoms with Gasteiger partial charge in [-0.05, 0) is 63.9 Å². The second kappa shape index (κ2) is 14.1. The summed E-state index contributed by atoms with van der Waals surface area (Å²) in [5, 5.41) is 7.37. The van der Waals surface area contributed by atoms with Crippen LogP contribution in [0.1, 0.15) is 88.8 Å². The summed E-state index contributed by atoms with van der Waals surface area (Å²) >= 11 is 0. The monoisotopic (exact) mass is 602 g/mol. The molecule has 3 aliphatic rings. The van der Waals surface area contributed by atoms with Gasteiger partial charge in [0.1, 0.15) is 0 Å². The molecule has 4 N–H and O–H groups in total. The first-order valence-electron chi connectivity index (χ1n) is 14.9. The number of rotatable bonds is 8. The maximum absolute atomic E-state index is 12.6. The van der Waals surface area contributed by atoms with Gasteiger partial charge in [0, 0.05) is 37.3 Å². The number of likely N-dealkylation sites (tertiary alicyclic amines) is 1. The minimum Gasteiger partial charge on any atom is -0.365 e. The molecule has 3 heterocycles. The van der Waals surface area contributed by atoms with Gasteiger partial charge in [0.25, 0.3) is 0 Å². The van der Waals surface area contributed by atoms with Gasteiger partial charge in [-0.25, -0.2) is 4.98 Å². The Morgan fingerprint density at radius 1 is 0.902 bits per heavy atom. The molecule has 1 saturated heterocycles. The van der Waals surface area contributed by atoms with Gasteiger partial charge in [-0.15, -0.1) is 24.8 Å². The summed E-state index contributed by atoms with van der Waals surface area (Å²) in [6.45, 7) is 3.42. The fraction of sp³-hybridized carbons (Fsp3) is 0.600. The third-order valence-corrected chi connectivity index (χ3v) is 8.98. The molecule has 0 spiro atoms. The molecule has 9 nitrogen and oxygen atoms in total. The number of Topliss-reactive ketones (excluding diaryl/α,β-unsaturated/α-hetero) is 1. The van der Waals surface area contributed by atoms with E-state index in [0.29, 0.717) is 24.1 Å². The molecule has 3 aromatic rings. The summed E-state index contributed by atoms with van der Waals surface area (Å²) in [5.41, 5.74) is 9.00. The minimum absolute atomic E-state index is 0. The number of halogens is 2. The lowest BCUT2D eigenvalue weighted by Gasteiger charge is -2.37. The fourth-order valence-electron chi connectivity index (χ4n) is 6.81. The van der Waals surface area contributed by atoms with Gasteiger partial charge in [-0.3, -0.25) is 9.69 Å². The molecule has 1 aromatic carbocycles. The van der Waals surface area contributed by atoms with E-state index in [2.05, 4.69) is 32.2 Å². The Kier molecular flexibility index (Phi) is 10.9. The van der Waals surface area contributed by atoms with Crippen LogP contribution in [0.2, 0.25) is 0 Å². The zero-order chi connectivity index (χ0) is 26.8. The summed E-state index contributed by atoms with van der Waals surface area (Å²) < 4.78 is 2.27. The summed E-state index contributed by atoms with van der Waals surface area (Å²) in [5.74, 6) is 1.70. The van der Waals surface area contributed by atoms with Gasteiger partial charge in [-0.2, -0.15) is 9.97 Å². The van der Waals surface area contributed by atoms with Crippen LogP contribution in [0, 0.1) is 0 Å². The number of nitrogens with two attached hydrogens (primary N) is 1. The number of piperidine rings is 1. The fourth-order valence-corrected chi connectivity index (χ4v) is 6.81. The van der Waals surface area contributed by atoms with E-state index in [9.17, 15) is 4.79 Å². The Labute approximate surface area is 255 Å². The number of carbonyl (C=O) groups is 1. The minimum atomic E-state index is -0.181. The molecule has 1 atom stereocenters. The summed E-state index contributed by atoms with van der Waals surface area (Å²) in [4.78, 5) is 29.7. The van der Waals surface area contributed by atoms with Crippen molar-refractivity contribution in [3.8, 4) is 0 Å². The zero-order valence-corrected chi connectivity index (χ0v) is 25.5. The molecule has 0 bridgehead atoms. The number of fused-ring (bicyclic) bond motifs is 1. The van der Waals surface area contributed by atoms with Gasteiger partial charge >= 0.3 is 0 Å². The van der Waals surface area contributed by atoms with Crippen molar-refractivity contribution >= 4 is 53.5 Å². The highest BCUT2D eigenvalue weighted by molar-refractivity contribution is 5.86. The summed E-state index contributed by atoms with van der Waals surface area (Å²) in [7, 11) is 0. The Balaban J connectivity index is 0.00000194. The quantitative estimate of drug-likeness (QED) is 0.302. The molecule has 1 unspecified atom stereocenters. The average Bonchev–Trinajstić information content (AvgIpc) is 3.62. The average molecular weight is 604 g/mol. The van der Waals surface area contributed by atoms with Crippen LogP contribution in [0.4, 0.5) is 11.8 Å². The van der Waals surface area contributed by atoms with Crippen LogP contribution in [0.15, 0.2) is 36.7 Å². The highest BCUT2D eigenvalue weighted by Crippen LogP contribution is 2.34. The van der Waals surface area contributed by atoms with Crippen LogP contribution in [-0.4, -0.2) is 61.4 Å². The number of hydrogen-bond donors (Lipinski definition) is 3. The molecular weight excluding hydrogens is 559 g/mol. The number of hydrogen-bond acceptors (Lipinski definition) is 8. The lowest BCUT2D eigenvalue weighted by Crippen LogP contribution is -2.43. The SMILES string of the molecule is CC(=O)C(c1ccccc1)N1CCC(Nc2nc(NC3CCC(N)CC3)nc3c2ncn3C2CCCC2)CC1.Cl.Cl. The normalized spacial score (nSPS) is 23.0. The Bertz CT molecular complexity index is 1270. The Hall–Kier alpha value is -2.46. The third-order valence-electron chi connectivity index (χ3n) is 8.98. The van der Waals surface area contributed by atoms with Crippen molar-refractivity contribution in [2.45, 2.75) is 101 Å². The van der Waals surface area contributed by atoms with E-state index >= 15 is 0 Å². The van der Waals surface area contributed by atoms with Crippen molar-refractivity contribution < 1.29 is 4.79 Å². The predicted molar refractivity (Wildman–Crippen MR) is 169 cm³/mol. The van der Waals surface area contributed by atoms with E-state index in [0.717, 1.165) is 74.2 Å². The molecule has 11 heteroatoms. The van der Waals surface area contributed by atoms with Crippen molar-refractivity contribution in [2.75, 3.05) is 23.7 Å². The molecule has 3 fully saturated rings. The van der Waals surface area contributed by atoms with Crippen molar-refractivity contribution in [1.82, 2.24) is 24.4 Å². The van der Waals surface area contributed by atoms with Gasteiger partial charge in [0.2, 0.25) is 5.95 Å². The van der Waals surface area contributed by atoms with E-state index in [-0.39, 0.29) is 42.7 Å². The Morgan fingerprint density at radius 2 is 1.56 bits per heavy atom. The molecular formula is C30H44Cl2N8O. The number of benzene rings is 1. The predicted octanol–water partition coefficient (Wildman–Crippen LogP) is 5.67. The van der Waals surface area contributed by atoms with Crippen LogP contribution in [0.5, 0.6) is 0 Å². The number of anilines is 2. The van der Waals surface area contributed by atoms with Crippen molar-refractivity contribution in [3.05, 3.63) is 42.2 Å². The molecule has 41 heavy (non-hydrogen) atoms. The van der Waals surface area contributed by atoms with E-state index < -0.39 is 0 Å². The summed E-state index contributed by atoms with van der Waals surface area (Å²) in [6.07, 6.45) is 12.9. The first-order valence-corrected chi connectivity index (χ1v) is 14.9. The molecule has 2 aliphatic carbocycles. The molecule has 6 rings (SSSR count). The van der Waals surface area contributed by atoms with E-state index in [1.807, 2.05) is 24.5 Å². The maximum Gasteiger partial charge on any atom is 0.227 e. The lowest BCUT2D eigenvalue weighted by molar-refractivity contribution is -0.122. The van der Waals surface area contributed by atoms with Crippen LogP contribution >= 0.6 is 24.8 Å². The smallest absolute Gasteiger partial charge is 0.227 e. The number of ketones is 1. The van der Waals surface area contributed by atoms with Crippen LogP contribution in [0.3, 0.4) is 0 Å². The summed E-state index contributed by atoms with van der Waals surface area (Å²) in [6, 6.07) is 11.3. The van der Waals surface area contributed by atoms with Crippen molar-refractivity contribution in [1.29, 1.82) is 0 Å². The first-order chi connectivity index (χ1) is 19.0. The highest BCUT2D eigenvalue weighted by Gasteiger charge is 2.30. The molecule has 224 valence electrons. The standard InChI is InChI=1S/C30H42N8O.2ClH/c1-20(39)27(21-7-3-2-4-8-21)37-17-15-24(16-18-37)33-28-26-29(38(19-32-26)25-9-5-6-10-25)36-30(35-28)34-23-13-11-22(31)12-14-23;;/h2-4,7-8,19,22-25,27H,5-6,9-18,31H2,1H3,(H2,33,34,35,36);2*1H. The number of nitrogens with one attached hydrogen (secondary N) is 2. The zero-order valence-electron chi connectivity index (χ0n) is 23.9. The van der Waals surface area contributed by atoms with Crippen molar-refractivity contribution in [3.63, 3.8) is 0 Å². The Morgan fingerprint density at radius 3 is 2.22 bits per heavy atom. The molecule has 0 amide bonds. The van der Waals surface area contributed by atoms with Crippen LogP contribution in [0.25, 0.3) is 11.2 Å². The van der Waals surface area contributed by atoms with Crippen molar-refractivity contribution in [2.24, 2.45) is 5.73 Å². The highest BCUT2D eigenvalue weighted by atomic mass is 35.5. The van der Waals surface area contributed by atoms with Gasteiger partial charge in [0.15, 0.2) is 22.8 Å². The molecule has 0 radical (unpaired) electrons. The molecule has 1 aliphatic heterocycles. The second-order valence-electron chi connectivity index (χ2n) is 11.8. The van der Waals surface area contributed by atoms with Gasteiger partial charge < -0.3 is 20.9 Å². The van der Waals surface area contributed by atoms with Gasteiger partial charge in [0.05, 0.1) is 12.4 Å². The number of aromatic nitrogens is 4. The molecule has 2 saturated carbocycles. The lowest BCUT2D eigenvalue weighted by atomic mass is 9.92.